The number of rotatable bonds is 3. The molecule has 0 saturated carbocycles. The van der Waals surface area contributed by atoms with E-state index in [1.807, 2.05) is 12.1 Å². The average molecular weight is 392 g/mol. The summed E-state index contributed by atoms with van der Waals surface area (Å²) in [5.74, 6) is -3.97. The molecule has 0 bridgehead atoms. The Bertz CT molecular complexity index is 844. The topological polar surface area (TPSA) is 95.7 Å². The smallest absolute Gasteiger partial charge is 0.275 e. The highest BCUT2D eigenvalue weighted by molar-refractivity contribution is 6.05. The van der Waals surface area contributed by atoms with Gasteiger partial charge in [-0.2, -0.15) is 0 Å². The average Bonchev–Trinajstić information content (AvgIpc) is 2.94. The molecule has 7 nitrogen and oxygen atoms in total. The first-order valence-electron chi connectivity index (χ1n) is 9.37. The monoisotopic (exact) mass is 392 g/mol. The lowest BCUT2D eigenvalue weighted by Crippen LogP contribution is -2.54. The maximum absolute atomic E-state index is 13.9. The molecule has 3 amide bonds. The van der Waals surface area contributed by atoms with Gasteiger partial charge in [-0.25, -0.2) is 8.78 Å². The van der Waals surface area contributed by atoms with Crippen LogP contribution in [0.5, 0.6) is 0 Å². The van der Waals surface area contributed by atoms with Crippen molar-refractivity contribution in [2.24, 2.45) is 5.73 Å². The predicted octanol–water partition coefficient (Wildman–Crippen LogP) is 0.616. The van der Waals surface area contributed by atoms with Crippen molar-refractivity contribution in [3.05, 3.63) is 34.9 Å². The van der Waals surface area contributed by atoms with Gasteiger partial charge < -0.3 is 10.6 Å². The Hall–Kier alpha value is -2.39. The zero-order valence-electron chi connectivity index (χ0n) is 15.3. The highest BCUT2D eigenvalue weighted by Crippen LogP contribution is 2.30. The number of imide groups is 1. The van der Waals surface area contributed by atoms with E-state index in [2.05, 4.69) is 5.32 Å². The molecule has 3 N–H and O–H groups in total. The van der Waals surface area contributed by atoms with Crippen molar-refractivity contribution in [2.45, 2.75) is 50.4 Å². The van der Waals surface area contributed by atoms with E-state index in [0.717, 1.165) is 11.1 Å². The summed E-state index contributed by atoms with van der Waals surface area (Å²) in [5.41, 5.74) is 7.54. The van der Waals surface area contributed by atoms with E-state index in [4.69, 9.17) is 5.73 Å². The highest BCUT2D eigenvalue weighted by Gasteiger charge is 2.42. The lowest BCUT2D eigenvalue weighted by atomic mass is 10.0. The Balaban J connectivity index is 1.47. The summed E-state index contributed by atoms with van der Waals surface area (Å²) in [5, 5.41) is 2.27. The van der Waals surface area contributed by atoms with Gasteiger partial charge in [-0.05, 0) is 30.0 Å². The van der Waals surface area contributed by atoms with Gasteiger partial charge in [0.15, 0.2) is 0 Å². The summed E-state index contributed by atoms with van der Waals surface area (Å²) in [4.78, 5) is 39.4. The van der Waals surface area contributed by atoms with Crippen molar-refractivity contribution in [3.8, 4) is 0 Å². The minimum Gasteiger partial charge on any atom is -0.323 e. The minimum atomic E-state index is -2.92. The predicted molar refractivity (Wildman–Crippen MR) is 95.3 cm³/mol. The van der Waals surface area contributed by atoms with Gasteiger partial charge in [0.1, 0.15) is 6.04 Å². The molecule has 4 rings (SSSR count). The van der Waals surface area contributed by atoms with Crippen LogP contribution >= 0.6 is 0 Å². The zero-order chi connectivity index (χ0) is 20.1. The van der Waals surface area contributed by atoms with Gasteiger partial charge in [-0.3, -0.25) is 24.6 Å². The molecule has 1 aromatic carbocycles. The van der Waals surface area contributed by atoms with E-state index in [9.17, 15) is 23.2 Å². The number of nitrogens with one attached hydrogen (secondary N) is 1. The molecule has 3 aliphatic rings. The number of likely N-dealkylation sites (tertiary alicyclic amines) is 1. The van der Waals surface area contributed by atoms with E-state index in [0.29, 0.717) is 31.6 Å². The molecule has 0 spiro atoms. The van der Waals surface area contributed by atoms with Crippen LogP contribution in [0.25, 0.3) is 0 Å². The Labute approximate surface area is 160 Å². The van der Waals surface area contributed by atoms with E-state index in [-0.39, 0.29) is 24.7 Å². The van der Waals surface area contributed by atoms with Crippen molar-refractivity contribution in [1.82, 2.24) is 15.1 Å². The van der Waals surface area contributed by atoms with Gasteiger partial charge >= 0.3 is 0 Å². The van der Waals surface area contributed by atoms with Crippen molar-refractivity contribution in [1.29, 1.82) is 0 Å². The lowest BCUT2D eigenvalue weighted by molar-refractivity contribution is -0.136. The number of nitrogens with two attached hydrogens (primary N) is 1. The standard InChI is InChI=1S/C19H22F2N4O3/c20-19(21)10-24(6-5-15(19)22)8-11-1-2-12-9-25(18(28)13(12)7-11)14-3-4-16(26)23-17(14)27/h1-2,7,14-15H,3-6,8-10,22H2,(H,23,26,27). The number of carbonyl (C=O) groups excluding carboxylic acids is 3. The summed E-state index contributed by atoms with van der Waals surface area (Å²) in [6, 6.07) is 3.57. The first-order valence-corrected chi connectivity index (χ1v) is 9.37. The van der Waals surface area contributed by atoms with Crippen molar-refractivity contribution >= 4 is 17.7 Å². The first kappa shape index (κ1) is 18.9. The number of halogens is 2. The van der Waals surface area contributed by atoms with Crippen molar-refractivity contribution in [3.63, 3.8) is 0 Å². The molecular formula is C19H22F2N4O3. The number of amides is 3. The SMILES string of the molecule is NC1CCN(Cc2ccc3c(c2)C(=O)N(C2CCC(=O)NC2=O)C3)CC1(F)F. The molecule has 0 aromatic heterocycles. The maximum atomic E-state index is 13.9. The summed E-state index contributed by atoms with van der Waals surface area (Å²) in [6.45, 7) is 0.685. The van der Waals surface area contributed by atoms with Gasteiger partial charge in [0.25, 0.3) is 11.8 Å². The molecule has 2 unspecified atom stereocenters. The molecule has 9 heteroatoms. The fourth-order valence-corrected chi connectivity index (χ4v) is 4.12. The molecule has 2 saturated heterocycles. The number of hydrogen-bond acceptors (Lipinski definition) is 5. The second-order valence-electron chi connectivity index (χ2n) is 7.76. The molecule has 3 heterocycles. The van der Waals surface area contributed by atoms with Crippen LogP contribution in [0.4, 0.5) is 8.78 Å². The molecule has 0 aliphatic carbocycles. The first-order chi connectivity index (χ1) is 13.2. The van der Waals surface area contributed by atoms with Crippen LogP contribution in [-0.4, -0.2) is 58.6 Å². The number of hydrogen-bond donors (Lipinski definition) is 2. The number of carbonyl (C=O) groups is 3. The number of fused-ring (bicyclic) bond motifs is 1. The molecule has 150 valence electrons. The maximum Gasteiger partial charge on any atom is 0.275 e. The van der Waals surface area contributed by atoms with Crippen LogP contribution in [-0.2, 0) is 22.7 Å². The summed E-state index contributed by atoms with van der Waals surface area (Å²) in [7, 11) is 0. The molecule has 0 radical (unpaired) electrons. The molecule has 3 aliphatic heterocycles. The Morgan fingerprint density at radius 3 is 2.71 bits per heavy atom. The molecule has 2 fully saturated rings. The number of piperidine rings is 2. The normalized spacial score (nSPS) is 27.7. The molecule has 1 aromatic rings. The quantitative estimate of drug-likeness (QED) is 0.735. The largest absolute Gasteiger partial charge is 0.323 e. The fraction of sp³-hybridized carbons (Fsp3) is 0.526. The summed E-state index contributed by atoms with van der Waals surface area (Å²) < 4.78 is 27.7. The second-order valence-corrected chi connectivity index (χ2v) is 7.76. The number of alkyl halides is 2. The van der Waals surface area contributed by atoms with Gasteiger partial charge in [0.2, 0.25) is 11.8 Å². The van der Waals surface area contributed by atoms with E-state index >= 15 is 0 Å². The van der Waals surface area contributed by atoms with Crippen LogP contribution in [0.2, 0.25) is 0 Å². The third-order valence-corrected chi connectivity index (χ3v) is 5.73. The Kier molecular flexibility index (Phi) is 4.67. The third kappa shape index (κ3) is 3.40. The number of nitrogens with zero attached hydrogens (tertiary/aromatic N) is 2. The lowest BCUT2D eigenvalue weighted by Gasteiger charge is -2.36. The molecular weight excluding hydrogens is 370 g/mol. The summed E-state index contributed by atoms with van der Waals surface area (Å²) >= 11 is 0. The second kappa shape index (κ2) is 6.89. The Morgan fingerprint density at radius 1 is 1.21 bits per heavy atom. The summed E-state index contributed by atoms with van der Waals surface area (Å²) in [6.07, 6.45) is 0.730. The van der Waals surface area contributed by atoms with Crippen LogP contribution in [0.1, 0.15) is 40.7 Å². The van der Waals surface area contributed by atoms with Gasteiger partial charge in [0, 0.05) is 31.6 Å². The van der Waals surface area contributed by atoms with Crippen LogP contribution in [0.3, 0.4) is 0 Å². The van der Waals surface area contributed by atoms with Crippen LogP contribution < -0.4 is 11.1 Å². The Morgan fingerprint density at radius 2 is 2.00 bits per heavy atom. The highest BCUT2D eigenvalue weighted by atomic mass is 19.3. The van der Waals surface area contributed by atoms with Crippen molar-refractivity contribution in [2.75, 3.05) is 13.1 Å². The van der Waals surface area contributed by atoms with Gasteiger partial charge in [-0.1, -0.05) is 12.1 Å². The van der Waals surface area contributed by atoms with Gasteiger partial charge in [-0.15, -0.1) is 0 Å². The van der Waals surface area contributed by atoms with E-state index in [1.165, 1.54) is 4.90 Å². The molecule has 2 atom stereocenters. The van der Waals surface area contributed by atoms with Gasteiger partial charge in [0.05, 0.1) is 12.6 Å². The number of benzene rings is 1. The van der Waals surface area contributed by atoms with E-state index < -0.39 is 30.5 Å². The minimum absolute atomic E-state index is 0.201. The fourth-order valence-electron chi connectivity index (χ4n) is 4.12. The third-order valence-electron chi connectivity index (χ3n) is 5.73. The van der Waals surface area contributed by atoms with Crippen LogP contribution in [0.15, 0.2) is 18.2 Å². The van der Waals surface area contributed by atoms with Crippen molar-refractivity contribution < 1.29 is 23.2 Å². The molecule has 28 heavy (non-hydrogen) atoms. The van der Waals surface area contributed by atoms with E-state index in [1.54, 1.807) is 11.0 Å². The zero-order valence-corrected chi connectivity index (χ0v) is 15.3. The van der Waals surface area contributed by atoms with Crippen LogP contribution in [0, 0.1) is 0 Å².